The van der Waals surface area contributed by atoms with E-state index in [1.165, 1.54) is 33.8 Å². The molecular formula is C30H31N3O2S. The Balaban J connectivity index is 1.50. The predicted molar refractivity (Wildman–Crippen MR) is 146 cm³/mol. The van der Waals surface area contributed by atoms with Gasteiger partial charge in [-0.2, -0.15) is 0 Å². The van der Waals surface area contributed by atoms with Crippen molar-refractivity contribution in [3.05, 3.63) is 99.2 Å². The highest BCUT2D eigenvalue weighted by atomic mass is 32.1. The van der Waals surface area contributed by atoms with Crippen LogP contribution in [0.25, 0.3) is 5.00 Å². The fraction of sp³-hybridized carbons (Fsp3) is 0.300. The molecule has 6 rings (SSSR count). The van der Waals surface area contributed by atoms with Crippen molar-refractivity contribution < 1.29 is 9.53 Å². The lowest BCUT2D eigenvalue weighted by Gasteiger charge is -2.31. The monoisotopic (exact) mass is 497 g/mol. The molecule has 1 aliphatic carbocycles. The zero-order valence-electron chi connectivity index (χ0n) is 21.0. The number of hydrogen-bond donors (Lipinski definition) is 1. The van der Waals surface area contributed by atoms with Gasteiger partial charge < -0.3 is 19.5 Å². The minimum Gasteiger partial charge on any atom is -0.497 e. The van der Waals surface area contributed by atoms with Crippen molar-refractivity contribution in [2.75, 3.05) is 12.4 Å². The number of aryl methyl sites for hydroxylation is 3. The van der Waals surface area contributed by atoms with Crippen LogP contribution in [0.15, 0.2) is 60.8 Å². The van der Waals surface area contributed by atoms with E-state index in [9.17, 15) is 4.79 Å². The number of urea groups is 1. The van der Waals surface area contributed by atoms with E-state index in [-0.39, 0.29) is 12.1 Å². The van der Waals surface area contributed by atoms with E-state index >= 15 is 0 Å². The van der Waals surface area contributed by atoms with Gasteiger partial charge in [-0.15, -0.1) is 11.3 Å². The number of rotatable bonds is 3. The van der Waals surface area contributed by atoms with Gasteiger partial charge in [0, 0.05) is 22.3 Å². The van der Waals surface area contributed by atoms with Crippen molar-refractivity contribution in [3.8, 4) is 10.8 Å². The van der Waals surface area contributed by atoms with Crippen LogP contribution in [0.2, 0.25) is 0 Å². The highest BCUT2D eigenvalue weighted by molar-refractivity contribution is 7.15. The summed E-state index contributed by atoms with van der Waals surface area (Å²) >= 11 is 1.90. The molecule has 1 atom stereocenters. The standard InChI is InChI=1S/C30H31N3O2S/c1-19-14-20(2)16-22(15-19)31-30(34)33-18-25-24-10-4-5-12-27(24)36-29(25)32-13-7-11-26(32)28(33)21-8-6-9-23(17-21)35-3/h6-9,11,13-17,28H,4-5,10,12,18H2,1-3H3,(H,31,34)/t28-/m1/s1. The van der Waals surface area contributed by atoms with Gasteiger partial charge in [-0.3, -0.25) is 0 Å². The molecule has 2 amide bonds. The van der Waals surface area contributed by atoms with E-state index in [0.29, 0.717) is 6.54 Å². The number of nitrogens with one attached hydrogen (secondary N) is 1. The van der Waals surface area contributed by atoms with Gasteiger partial charge in [-0.25, -0.2) is 4.79 Å². The molecule has 1 N–H and O–H groups in total. The molecule has 3 heterocycles. The van der Waals surface area contributed by atoms with E-state index < -0.39 is 0 Å². The van der Waals surface area contributed by atoms with Crippen LogP contribution in [0.1, 0.15) is 57.3 Å². The Kier molecular flexibility index (Phi) is 5.84. The third-order valence-corrected chi connectivity index (χ3v) is 8.66. The van der Waals surface area contributed by atoms with Gasteiger partial charge in [0.25, 0.3) is 0 Å². The molecule has 2 aromatic heterocycles. The summed E-state index contributed by atoms with van der Waals surface area (Å²) in [4.78, 5) is 17.6. The van der Waals surface area contributed by atoms with Crippen LogP contribution in [-0.4, -0.2) is 22.6 Å². The first-order valence-electron chi connectivity index (χ1n) is 12.6. The fourth-order valence-corrected chi connectivity index (χ4v) is 7.19. The second kappa shape index (κ2) is 9.17. The molecule has 36 heavy (non-hydrogen) atoms. The lowest BCUT2D eigenvalue weighted by Crippen LogP contribution is -2.38. The third kappa shape index (κ3) is 3.99. The average molecular weight is 498 g/mol. The molecule has 0 spiro atoms. The number of hydrogen-bond acceptors (Lipinski definition) is 3. The second-order valence-corrected chi connectivity index (χ2v) is 11.0. The number of carbonyl (C=O) groups is 1. The fourth-order valence-electron chi connectivity index (χ4n) is 5.79. The summed E-state index contributed by atoms with van der Waals surface area (Å²) in [6.45, 7) is 4.69. The second-order valence-electron chi connectivity index (χ2n) is 9.91. The van der Waals surface area contributed by atoms with Crippen molar-refractivity contribution in [1.82, 2.24) is 9.47 Å². The summed E-state index contributed by atoms with van der Waals surface area (Å²) in [5, 5.41) is 4.49. The highest BCUT2D eigenvalue weighted by Crippen LogP contribution is 2.44. The molecule has 0 unspecified atom stereocenters. The Hall–Kier alpha value is -3.51. The highest BCUT2D eigenvalue weighted by Gasteiger charge is 2.36. The number of ether oxygens (including phenoxy) is 1. The Morgan fingerprint density at radius 1 is 1.00 bits per heavy atom. The number of amides is 2. The molecule has 0 bridgehead atoms. The molecule has 2 aromatic carbocycles. The normalized spacial score (nSPS) is 16.5. The van der Waals surface area contributed by atoms with Gasteiger partial charge in [0.1, 0.15) is 10.8 Å². The molecule has 0 saturated carbocycles. The zero-order valence-corrected chi connectivity index (χ0v) is 21.8. The summed E-state index contributed by atoms with van der Waals surface area (Å²) in [6, 6.07) is 18.2. The molecule has 4 aromatic rings. The lowest BCUT2D eigenvalue weighted by atomic mass is 9.95. The summed E-state index contributed by atoms with van der Waals surface area (Å²) in [5.74, 6) is 0.789. The van der Waals surface area contributed by atoms with Crippen LogP contribution in [0.3, 0.4) is 0 Å². The number of benzene rings is 2. The Morgan fingerprint density at radius 2 is 1.81 bits per heavy atom. The van der Waals surface area contributed by atoms with E-state index in [1.807, 2.05) is 46.6 Å². The Morgan fingerprint density at radius 3 is 2.61 bits per heavy atom. The van der Waals surface area contributed by atoms with Gasteiger partial charge in [0.2, 0.25) is 0 Å². The maximum Gasteiger partial charge on any atom is 0.322 e. The first kappa shape index (κ1) is 22.9. The maximum atomic E-state index is 14.1. The number of fused-ring (bicyclic) bond motifs is 5. The van der Waals surface area contributed by atoms with Crippen LogP contribution >= 0.6 is 11.3 Å². The Bertz CT molecular complexity index is 1430. The number of thiophene rings is 1. The summed E-state index contributed by atoms with van der Waals surface area (Å²) in [6.07, 6.45) is 6.83. The quantitative estimate of drug-likeness (QED) is 0.326. The number of aromatic nitrogens is 1. The van der Waals surface area contributed by atoms with Crippen molar-refractivity contribution in [2.24, 2.45) is 0 Å². The van der Waals surface area contributed by atoms with Gasteiger partial charge in [-0.1, -0.05) is 18.2 Å². The van der Waals surface area contributed by atoms with E-state index in [1.54, 1.807) is 7.11 Å². The lowest BCUT2D eigenvalue weighted by molar-refractivity contribution is 0.194. The summed E-state index contributed by atoms with van der Waals surface area (Å²) in [5.41, 5.74) is 7.98. The van der Waals surface area contributed by atoms with Crippen molar-refractivity contribution in [1.29, 1.82) is 0 Å². The smallest absolute Gasteiger partial charge is 0.322 e. The number of methoxy groups -OCH3 is 1. The molecule has 1 aliphatic heterocycles. The minimum absolute atomic E-state index is 0.0934. The molecular weight excluding hydrogens is 466 g/mol. The van der Waals surface area contributed by atoms with Crippen LogP contribution in [-0.2, 0) is 19.4 Å². The first-order valence-corrected chi connectivity index (χ1v) is 13.4. The van der Waals surface area contributed by atoms with Gasteiger partial charge in [0.15, 0.2) is 0 Å². The van der Waals surface area contributed by atoms with Crippen LogP contribution < -0.4 is 10.1 Å². The minimum atomic E-state index is -0.250. The van der Waals surface area contributed by atoms with Gasteiger partial charge in [-0.05, 0) is 98.2 Å². The molecule has 0 fully saturated rings. The SMILES string of the molecule is COc1cccc([C@@H]2c3cccn3-c3sc4c(c3CN2C(=O)Nc2cc(C)cc(C)c2)CCCC4)c1. The van der Waals surface area contributed by atoms with Gasteiger partial charge in [0.05, 0.1) is 25.4 Å². The van der Waals surface area contributed by atoms with Crippen LogP contribution in [0.5, 0.6) is 5.75 Å². The van der Waals surface area contributed by atoms with E-state index in [0.717, 1.165) is 46.7 Å². The van der Waals surface area contributed by atoms with E-state index in [4.69, 9.17) is 4.74 Å². The number of nitrogens with zero attached hydrogens (tertiary/aromatic N) is 2. The summed E-state index contributed by atoms with van der Waals surface area (Å²) in [7, 11) is 1.68. The molecule has 6 heteroatoms. The molecule has 2 aliphatic rings. The Labute approximate surface area is 216 Å². The van der Waals surface area contributed by atoms with Crippen LogP contribution in [0, 0.1) is 13.8 Å². The number of carbonyl (C=O) groups excluding carboxylic acids is 1. The number of anilines is 1. The average Bonchev–Trinajstić information content (AvgIpc) is 3.45. The summed E-state index contributed by atoms with van der Waals surface area (Å²) < 4.78 is 7.87. The molecule has 184 valence electrons. The largest absolute Gasteiger partial charge is 0.497 e. The first-order chi connectivity index (χ1) is 17.5. The molecule has 5 nitrogen and oxygen atoms in total. The van der Waals surface area contributed by atoms with Crippen molar-refractivity contribution in [3.63, 3.8) is 0 Å². The topological polar surface area (TPSA) is 46.5 Å². The predicted octanol–water partition coefficient (Wildman–Crippen LogP) is 7.18. The third-order valence-electron chi connectivity index (χ3n) is 7.32. The van der Waals surface area contributed by atoms with Crippen molar-refractivity contribution in [2.45, 2.75) is 52.1 Å². The van der Waals surface area contributed by atoms with Gasteiger partial charge >= 0.3 is 6.03 Å². The van der Waals surface area contributed by atoms with Crippen LogP contribution in [0.4, 0.5) is 10.5 Å². The zero-order chi connectivity index (χ0) is 24.8. The molecule has 0 radical (unpaired) electrons. The molecule has 0 saturated heterocycles. The maximum absolute atomic E-state index is 14.1. The van der Waals surface area contributed by atoms with Crippen molar-refractivity contribution >= 4 is 23.1 Å². The van der Waals surface area contributed by atoms with E-state index in [2.05, 4.69) is 54.2 Å².